The third-order valence-electron chi connectivity index (χ3n) is 6.13. The van der Waals surface area contributed by atoms with Gasteiger partial charge in [-0.3, -0.25) is 14.4 Å². The molecular weight excluding hydrogens is 480 g/mol. The summed E-state index contributed by atoms with van der Waals surface area (Å²) in [5.74, 6) is -2.22. The maximum absolute atomic E-state index is 13.9. The summed E-state index contributed by atoms with van der Waals surface area (Å²) in [6, 6.07) is 7.15. The number of carbonyl (C=O) groups is 2. The van der Waals surface area contributed by atoms with E-state index in [2.05, 4.69) is 5.32 Å². The van der Waals surface area contributed by atoms with Crippen molar-refractivity contribution in [1.29, 1.82) is 0 Å². The lowest BCUT2D eigenvalue weighted by molar-refractivity contribution is -0.142. The van der Waals surface area contributed by atoms with Gasteiger partial charge in [-0.25, -0.2) is 4.39 Å². The van der Waals surface area contributed by atoms with Gasteiger partial charge in [-0.05, 0) is 61.1 Å². The first-order valence-electron chi connectivity index (χ1n) is 11.4. The zero-order valence-electron chi connectivity index (χ0n) is 19.6. The largest absolute Gasteiger partial charge is 0.464 e. The van der Waals surface area contributed by atoms with E-state index in [9.17, 15) is 31.9 Å². The minimum atomic E-state index is -4.82. The van der Waals surface area contributed by atoms with Crippen molar-refractivity contribution >= 4 is 28.3 Å². The highest BCUT2D eigenvalue weighted by molar-refractivity contribution is 6.04. The number of rotatable bonds is 7. The van der Waals surface area contributed by atoms with Crippen LogP contribution < -0.4 is 10.9 Å². The normalized spacial score (nSPS) is 14.5. The predicted molar refractivity (Wildman–Crippen MR) is 125 cm³/mol. The lowest BCUT2D eigenvalue weighted by atomic mass is 10.0. The summed E-state index contributed by atoms with van der Waals surface area (Å²) in [6.45, 7) is 3.04. The molecule has 1 aliphatic rings. The standard InChI is InChI=1S/C26H24F4N2O4/c1-14(13-36-15(2)33)32-10-9-19-20(25(32)35)7-6-18(17-4-5-17)24(19)31-23(34)12-16-3-8-21(22(27)11-16)26(28,29)30/h3,6-11,14,17H,4-5,12-13H2,1-2H3,(H,31,34). The molecule has 0 spiro atoms. The molecule has 1 amide bonds. The highest BCUT2D eigenvalue weighted by Crippen LogP contribution is 2.45. The number of nitrogens with zero attached hydrogens (tertiary/aromatic N) is 1. The van der Waals surface area contributed by atoms with Gasteiger partial charge in [0.05, 0.1) is 23.7 Å². The summed E-state index contributed by atoms with van der Waals surface area (Å²) in [4.78, 5) is 37.1. The predicted octanol–water partition coefficient (Wildman–Crippen LogP) is 5.34. The maximum atomic E-state index is 13.9. The summed E-state index contributed by atoms with van der Waals surface area (Å²) in [5, 5.41) is 3.68. The van der Waals surface area contributed by atoms with Gasteiger partial charge in [0.15, 0.2) is 0 Å². The summed E-state index contributed by atoms with van der Waals surface area (Å²) >= 11 is 0. The zero-order valence-corrected chi connectivity index (χ0v) is 19.6. The second-order valence-electron chi connectivity index (χ2n) is 8.98. The maximum Gasteiger partial charge on any atom is 0.419 e. The van der Waals surface area contributed by atoms with Crippen molar-refractivity contribution in [3.05, 3.63) is 75.5 Å². The average molecular weight is 504 g/mol. The molecular formula is C26H24F4N2O4. The number of esters is 1. The van der Waals surface area contributed by atoms with E-state index in [1.54, 1.807) is 31.3 Å². The van der Waals surface area contributed by atoms with Crippen molar-refractivity contribution in [1.82, 2.24) is 4.57 Å². The van der Waals surface area contributed by atoms with Gasteiger partial charge in [-0.2, -0.15) is 13.2 Å². The number of fused-ring (bicyclic) bond motifs is 1. The number of hydrogen-bond donors (Lipinski definition) is 1. The molecule has 1 N–H and O–H groups in total. The van der Waals surface area contributed by atoms with Gasteiger partial charge in [0, 0.05) is 23.9 Å². The fraction of sp³-hybridized carbons (Fsp3) is 0.346. The number of amides is 1. The van der Waals surface area contributed by atoms with Crippen LogP contribution in [0.1, 0.15) is 55.3 Å². The Kier molecular flexibility index (Phi) is 6.88. The number of anilines is 1. The highest BCUT2D eigenvalue weighted by Gasteiger charge is 2.34. The van der Waals surface area contributed by atoms with Crippen molar-refractivity contribution in [2.45, 2.75) is 51.2 Å². The molecule has 0 radical (unpaired) electrons. The van der Waals surface area contributed by atoms with Crippen LogP contribution in [0, 0.1) is 5.82 Å². The molecule has 1 unspecified atom stereocenters. The van der Waals surface area contributed by atoms with Gasteiger partial charge >= 0.3 is 12.1 Å². The van der Waals surface area contributed by atoms with Crippen LogP contribution in [-0.2, 0) is 26.9 Å². The van der Waals surface area contributed by atoms with Crippen LogP contribution >= 0.6 is 0 Å². The van der Waals surface area contributed by atoms with E-state index in [0.29, 0.717) is 28.6 Å². The second kappa shape index (κ2) is 9.75. The van der Waals surface area contributed by atoms with Crippen LogP contribution in [-0.4, -0.2) is 23.1 Å². The van der Waals surface area contributed by atoms with Crippen LogP contribution in [0.3, 0.4) is 0 Å². The third-order valence-corrected chi connectivity index (χ3v) is 6.13. The number of ether oxygens (including phenoxy) is 1. The van der Waals surface area contributed by atoms with E-state index in [0.717, 1.165) is 24.5 Å². The number of hydrogen-bond acceptors (Lipinski definition) is 4. The van der Waals surface area contributed by atoms with Gasteiger partial charge in [0.1, 0.15) is 12.4 Å². The monoisotopic (exact) mass is 504 g/mol. The first-order valence-corrected chi connectivity index (χ1v) is 11.4. The number of nitrogens with one attached hydrogen (secondary N) is 1. The van der Waals surface area contributed by atoms with E-state index in [4.69, 9.17) is 4.74 Å². The molecule has 1 heterocycles. The Morgan fingerprint density at radius 3 is 2.47 bits per heavy atom. The van der Waals surface area contributed by atoms with Crippen LogP contribution in [0.15, 0.2) is 47.4 Å². The van der Waals surface area contributed by atoms with E-state index >= 15 is 0 Å². The fourth-order valence-electron chi connectivity index (χ4n) is 4.16. The number of benzene rings is 2. The van der Waals surface area contributed by atoms with Crippen LogP contribution in [0.2, 0.25) is 0 Å². The Morgan fingerprint density at radius 2 is 1.86 bits per heavy atom. The van der Waals surface area contributed by atoms with Crippen molar-refractivity contribution in [2.24, 2.45) is 0 Å². The van der Waals surface area contributed by atoms with E-state index < -0.39 is 35.5 Å². The molecule has 1 saturated carbocycles. The first kappa shape index (κ1) is 25.4. The molecule has 1 fully saturated rings. The summed E-state index contributed by atoms with van der Waals surface area (Å²) in [6.07, 6.45) is -1.75. The number of halogens is 4. The molecule has 36 heavy (non-hydrogen) atoms. The molecule has 6 nitrogen and oxygen atoms in total. The van der Waals surface area contributed by atoms with Gasteiger partial charge in [0.25, 0.3) is 5.56 Å². The Bertz CT molecular complexity index is 1390. The molecule has 4 rings (SSSR count). The quantitative estimate of drug-likeness (QED) is 0.348. The fourth-order valence-corrected chi connectivity index (χ4v) is 4.16. The number of alkyl halides is 3. The molecule has 0 bridgehead atoms. The molecule has 190 valence electrons. The second-order valence-corrected chi connectivity index (χ2v) is 8.98. The van der Waals surface area contributed by atoms with Crippen LogP contribution in [0.4, 0.5) is 23.2 Å². The van der Waals surface area contributed by atoms with Crippen molar-refractivity contribution in [2.75, 3.05) is 11.9 Å². The van der Waals surface area contributed by atoms with E-state index in [1.807, 2.05) is 0 Å². The summed E-state index contributed by atoms with van der Waals surface area (Å²) < 4.78 is 58.9. The van der Waals surface area contributed by atoms with Crippen molar-refractivity contribution < 1.29 is 31.9 Å². The number of carbonyl (C=O) groups excluding carboxylic acids is 2. The zero-order chi connectivity index (χ0) is 26.2. The Morgan fingerprint density at radius 1 is 1.14 bits per heavy atom. The Balaban J connectivity index is 1.64. The van der Waals surface area contributed by atoms with Crippen LogP contribution in [0.5, 0.6) is 0 Å². The first-order chi connectivity index (χ1) is 17.0. The topological polar surface area (TPSA) is 77.4 Å². The average Bonchev–Trinajstić information content (AvgIpc) is 3.62. The van der Waals surface area contributed by atoms with Gasteiger partial charge in [0.2, 0.25) is 5.91 Å². The molecule has 1 atom stereocenters. The number of aromatic nitrogens is 1. The van der Waals surface area contributed by atoms with Gasteiger partial charge in [-0.15, -0.1) is 0 Å². The molecule has 10 heteroatoms. The van der Waals surface area contributed by atoms with Crippen molar-refractivity contribution in [3.63, 3.8) is 0 Å². The Labute approximate surface area is 203 Å². The Hall–Kier alpha value is -3.69. The SMILES string of the molecule is CC(=O)OCC(C)n1ccc2c(NC(=O)Cc3ccc(C(F)(F)F)c(F)c3)c(C3CC3)ccc2c1=O. The minimum absolute atomic E-state index is 0.0220. The smallest absolute Gasteiger partial charge is 0.419 e. The molecule has 0 saturated heterocycles. The molecule has 3 aromatic rings. The van der Waals surface area contributed by atoms with Gasteiger partial charge < -0.3 is 14.6 Å². The lowest BCUT2D eigenvalue weighted by Crippen LogP contribution is -2.26. The molecule has 2 aromatic carbocycles. The van der Waals surface area contributed by atoms with E-state index in [-0.39, 0.29) is 30.1 Å². The number of pyridine rings is 1. The summed E-state index contributed by atoms with van der Waals surface area (Å²) in [5.41, 5.74) is -0.303. The minimum Gasteiger partial charge on any atom is -0.464 e. The van der Waals surface area contributed by atoms with E-state index in [1.165, 1.54) is 11.5 Å². The van der Waals surface area contributed by atoms with Crippen LogP contribution in [0.25, 0.3) is 10.8 Å². The third kappa shape index (κ3) is 5.42. The van der Waals surface area contributed by atoms with Gasteiger partial charge in [-0.1, -0.05) is 12.1 Å². The molecule has 0 aliphatic heterocycles. The molecule has 1 aliphatic carbocycles. The lowest BCUT2D eigenvalue weighted by Gasteiger charge is -2.18. The summed E-state index contributed by atoms with van der Waals surface area (Å²) in [7, 11) is 0. The molecule has 1 aromatic heterocycles. The van der Waals surface area contributed by atoms with Crippen molar-refractivity contribution in [3.8, 4) is 0 Å². The highest BCUT2D eigenvalue weighted by atomic mass is 19.4.